The molecule has 1 unspecified atom stereocenters. The van der Waals surface area contributed by atoms with Gasteiger partial charge in [0.15, 0.2) is 0 Å². The molecule has 1 aromatic rings. The van der Waals surface area contributed by atoms with Crippen LogP contribution in [0.1, 0.15) is 51.2 Å². The molecule has 0 fully saturated rings. The summed E-state index contributed by atoms with van der Waals surface area (Å²) in [7, 11) is 0. The Balaban J connectivity index is 2.49. The summed E-state index contributed by atoms with van der Waals surface area (Å²) in [6.07, 6.45) is 0.176. The van der Waals surface area contributed by atoms with Gasteiger partial charge in [0, 0.05) is 13.1 Å². The molecule has 0 aliphatic carbocycles. The second-order valence-corrected chi connectivity index (χ2v) is 6.12. The molecular weight excluding hydrogens is 238 g/mol. The lowest BCUT2D eigenvalue weighted by Crippen LogP contribution is -2.23. The van der Waals surface area contributed by atoms with Crippen LogP contribution in [-0.4, -0.2) is 24.2 Å². The molecule has 1 rings (SSSR count). The molecule has 0 bridgehead atoms. The van der Waals surface area contributed by atoms with E-state index in [9.17, 15) is 4.79 Å². The third-order valence-corrected chi connectivity index (χ3v) is 3.31. The average Bonchev–Trinajstić information content (AvgIpc) is 2.33. The van der Waals surface area contributed by atoms with E-state index in [2.05, 4.69) is 57.3 Å². The lowest BCUT2D eigenvalue weighted by atomic mass is 9.86. The predicted molar refractivity (Wildman–Crippen MR) is 78.7 cm³/mol. The molecule has 1 atom stereocenters. The van der Waals surface area contributed by atoms with Crippen molar-refractivity contribution in [3.63, 3.8) is 0 Å². The van der Waals surface area contributed by atoms with Gasteiger partial charge in [-0.2, -0.15) is 0 Å². The van der Waals surface area contributed by atoms with E-state index < -0.39 is 5.97 Å². The molecule has 0 spiro atoms. The zero-order valence-corrected chi connectivity index (χ0v) is 12.4. The first-order chi connectivity index (χ1) is 8.80. The minimum Gasteiger partial charge on any atom is -0.481 e. The van der Waals surface area contributed by atoms with Crippen LogP contribution in [0.3, 0.4) is 0 Å². The van der Waals surface area contributed by atoms with Crippen molar-refractivity contribution in [1.29, 1.82) is 0 Å². The van der Waals surface area contributed by atoms with Crippen LogP contribution in [0.5, 0.6) is 0 Å². The maximum Gasteiger partial charge on any atom is 0.304 e. The Morgan fingerprint density at radius 1 is 1.26 bits per heavy atom. The second kappa shape index (κ2) is 6.71. The standard InChI is InChI=1S/C16H25NO2/c1-12(11-17-10-9-15(18)19)13-5-7-14(8-6-13)16(2,3)4/h5-8,12,17H,9-11H2,1-4H3,(H,18,19). The maximum atomic E-state index is 10.4. The summed E-state index contributed by atoms with van der Waals surface area (Å²) in [6, 6.07) is 8.71. The SMILES string of the molecule is CC(CNCCC(=O)O)c1ccc(C(C)(C)C)cc1. The Morgan fingerprint density at radius 3 is 2.32 bits per heavy atom. The lowest BCUT2D eigenvalue weighted by Gasteiger charge is -2.20. The van der Waals surface area contributed by atoms with Crippen LogP contribution in [0.25, 0.3) is 0 Å². The van der Waals surface area contributed by atoms with Crippen molar-refractivity contribution in [2.45, 2.75) is 45.4 Å². The molecule has 0 aliphatic heterocycles. The Bertz CT molecular complexity index is 404. The van der Waals surface area contributed by atoms with Crippen molar-refractivity contribution in [3.8, 4) is 0 Å². The topological polar surface area (TPSA) is 49.3 Å². The summed E-state index contributed by atoms with van der Waals surface area (Å²) < 4.78 is 0. The lowest BCUT2D eigenvalue weighted by molar-refractivity contribution is -0.136. The van der Waals surface area contributed by atoms with Crippen LogP contribution in [-0.2, 0) is 10.2 Å². The van der Waals surface area contributed by atoms with E-state index in [1.54, 1.807) is 0 Å². The first kappa shape index (κ1) is 15.7. The fourth-order valence-electron chi connectivity index (χ4n) is 1.94. The number of aliphatic carboxylic acids is 1. The van der Waals surface area contributed by atoms with Crippen LogP contribution in [0.2, 0.25) is 0 Å². The number of nitrogens with one attached hydrogen (secondary N) is 1. The van der Waals surface area contributed by atoms with E-state index >= 15 is 0 Å². The Morgan fingerprint density at radius 2 is 1.84 bits per heavy atom. The third-order valence-electron chi connectivity index (χ3n) is 3.31. The highest BCUT2D eigenvalue weighted by Crippen LogP contribution is 2.24. The summed E-state index contributed by atoms with van der Waals surface area (Å²) >= 11 is 0. The first-order valence-electron chi connectivity index (χ1n) is 6.83. The average molecular weight is 263 g/mol. The molecule has 0 aliphatic rings. The fourth-order valence-corrected chi connectivity index (χ4v) is 1.94. The molecule has 0 saturated heterocycles. The second-order valence-electron chi connectivity index (χ2n) is 6.12. The minimum atomic E-state index is -0.755. The Hall–Kier alpha value is -1.35. The van der Waals surface area contributed by atoms with Crippen molar-refractivity contribution in [3.05, 3.63) is 35.4 Å². The minimum absolute atomic E-state index is 0.176. The van der Waals surface area contributed by atoms with Crippen LogP contribution in [0.15, 0.2) is 24.3 Å². The molecule has 0 saturated carbocycles. The van der Waals surface area contributed by atoms with Gasteiger partial charge in [0.1, 0.15) is 0 Å². The van der Waals surface area contributed by atoms with E-state index in [0.717, 1.165) is 6.54 Å². The molecular formula is C16H25NO2. The van der Waals surface area contributed by atoms with Gasteiger partial charge in [-0.3, -0.25) is 4.79 Å². The fraction of sp³-hybridized carbons (Fsp3) is 0.562. The molecule has 0 radical (unpaired) electrons. The van der Waals surface area contributed by atoms with Gasteiger partial charge in [-0.1, -0.05) is 52.0 Å². The first-order valence-corrected chi connectivity index (χ1v) is 6.83. The van der Waals surface area contributed by atoms with Crippen molar-refractivity contribution in [1.82, 2.24) is 5.32 Å². The normalized spacial score (nSPS) is 13.3. The van der Waals surface area contributed by atoms with Crippen molar-refractivity contribution >= 4 is 5.97 Å². The Kier molecular flexibility index (Phi) is 5.55. The summed E-state index contributed by atoms with van der Waals surface area (Å²) in [5.41, 5.74) is 2.81. The van der Waals surface area contributed by atoms with E-state index in [1.165, 1.54) is 11.1 Å². The van der Waals surface area contributed by atoms with Crippen LogP contribution >= 0.6 is 0 Å². The van der Waals surface area contributed by atoms with E-state index in [1.807, 2.05) is 0 Å². The molecule has 0 aromatic heterocycles. The smallest absolute Gasteiger partial charge is 0.304 e. The molecule has 19 heavy (non-hydrogen) atoms. The number of hydrogen-bond acceptors (Lipinski definition) is 2. The number of benzene rings is 1. The van der Waals surface area contributed by atoms with Crippen LogP contribution in [0, 0.1) is 0 Å². The number of hydrogen-bond donors (Lipinski definition) is 2. The van der Waals surface area contributed by atoms with Crippen molar-refractivity contribution in [2.24, 2.45) is 0 Å². The number of carbonyl (C=O) groups is 1. The molecule has 3 heteroatoms. The third kappa shape index (κ3) is 5.43. The summed E-state index contributed by atoms with van der Waals surface area (Å²) in [6.45, 7) is 10.1. The molecule has 106 valence electrons. The van der Waals surface area contributed by atoms with Crippen LogP contribution < -0.4 is 5.32 Å². The monoisotopic (exact) mass is 263 g/mol. The van der Waals surface area contributed by atoms with Gasteiger partial charge >= 0.3 is 5.97 Å². The Labute approximate surface area is 116 Å². The molecule has 2 N–H and O–H groups in total. The van der Waals surface area contributed by atoms with Gasteiger partial charge in [0.2, 0.25) is 0 Å². The maximum absolute atomic E-state index is 10.4. The predicted octanol–water partition coefficient (Wildman–Crippen LogP) is 3.15. The largest absolute Gasteiger partial charge is 0.481 e. The van der Waals surface area contributed by atoms with Gasteiger partial charge in [0.25, 0.3) is 0 Å². The molecule has 0 amide bonds. The van der Waals surface area contributed by atoms with Gasteiger partial charge in [-0.15, -0.1) is 0 Å². The summed E-state index contributed by atoms with van der Waals surface area (Å²) in [4.78, 5) is 10.4. The van der Waals surface area contributed by atoms with Gasteiger partial charge in [0.05, 0.1) is 6.42 Å². The van der Waals surface area contributed by atoms with E-state index in [0.29, 0.717) is 12.5 Å². The zero-order chi connectivity index (χ0) is 14.5. The van der Waals surface area contributed by atoms with E-state index in [4.69, 9.17) is 5.11 Å². The van der Waals surface area contributed by atoms with Gasteiger partial charge in [-0.05, 0) is 22.5 Å². The highest BCUT2D eigenvalue weighted by molar-refractivity contribution is 5.66. The summed E-state index contributed by atoms with van der Waals surface area (Å²) in [5, 5.41) is 11.7. The zero-order valence-electron chi connectivity index (χ0n) is 12.4. The molecule has 1 aromatic carbocycles. The molecule has 0 heterocycles. The van der Waals surface area contributed by atoms with Crippen LogP contribution in [0.4, 0.5) is 0 Å². The number of carboxylic acids is 1. The highest BCUT2D eigenvalue weighted by Gasteiger charge is 2.13. The summed E-state index contributed by atoms with van der Waals surface area (Å²) in [5.74, 6) is -0.363. The van der Waals surface area contributed by atoms with Gasteiger partial charge in [-0.25, -0.2) is 0 Å². The molecule has 3 nitrogen and oxygen atoms in total. The number of rotatable bonds is 6. The highest BCUT2D eigenvalue weighted by atomic mass is 16.4. The van der Waals surface area contributed by atoms with E-state index in [-0.39, 0.29) is 11.8 Å². The quantitative estimate of drug-likeness (QED) is 0.775. The van der Waals surface area contributed by atoms with Crippen molar-refractivity contribution < 1.29 is 9.90 Å². The van der Waals surface area contributed by atoms with Crippen molar-refractivity contribution in [2.75, 3.05) is 13.1 Å². The van der Waals surface area contributed by atoms with Gasteiger partial charge < -0.3 is 10.4 Å². The number of carboxylic acid groups (broad SMARTS) is 1.